The standard InChI is InChI=1S/C15H19F3O/c1-2-9-5-3-4-6-11(9)15(19)14-12(17)7-10(16)8-13(14)18/h7-9,11,15,19H,2-6H2,1H3. The first kappa shape index (κ1) is 14.4. The molecule has 3 atom stereocenters. The molecule has 1 nitrogen and oxygen atoms in total. The van der Waals surface area contributed by atoms with Crippen LogP contribution in [0, 0.1) is 29.3 Å². The predicted octanol–water partition coefficient (Wildman–Crippen LogP) is 4.35. The summed E-state index contributed by atoms with van der Waals surface area (Å²) in [5.41, 5.74) is -0.383. The van der Waals surface area contributed by atoms with E-state index in [4.69, 9.17) is 0 Å². The monoisotopic (exact) mass is 272 g/mol. The molecule has 3 unspecified atom stereocenters. The Morgan fingerprint density at radius 3 is 2.32 bits per heavy atom. The van der Waals surface area contributed by atoms with Gasteiger partial charge in [-0.15, -0.1) is 0 Å². The molecular formula is C15H19F3O. The summed E-state index contributed by atoms with van der Waals surface area (Å²) in [6.45, 7) is 2.02. The predicted molar refractivity (Wildman–Crippen MR) is 67.0 cm³/mol. The highest BCUT2D eigenvalue weighted by atomic mass is 19.1. The number of rotatable bonds is 3. The van der Waals surface area contributed by atoms with Crippen LogP contribution in [0.1, 0.15) is 50.7 Å². The molecule has 0 radical (unpaired) electrons. The molecule has 1 saturated carbocycles. The Labute approximate surface area is 111 Å². The SMILES string of the molecule is CCC1CCCCC1C(O)c1c(F)cc(F)cc1F. The molecule has 0 aliphatic heterocycles. The molecule has 4 heteroatoms. The molecule has 106 valence electrons. The first-order valence-corrected chi connectivity index (χ1v) is 6.87. The first-order valence-electron chi connectivity index (χ1n) is 6.87. The zero-order valence-corrected chi connectivity index (χ0v) is 11.0. The van der Waals surface area contributed by atoms with E-state index in [9.17, 15) is 18.3 Å². The first-order chi connectivity index (χ1) is 9.04. The van der Waals surface area contributed by atoms with E-state index in [1.807, 2.05) is 6.92 Å². The lowest BCUT2D eigenvalue weighted by atomic mass is 9.73. The molecular weight excluding hydrogens is 253 g/mol. The van der Waals surface area contributed by atoms with Crippen LogP contribution in [0.15, 0.2) is 12.1 Å². The normalized spacial score (nSPS) is 25.3. The highest BCUT2D eigenvalue weighted by Gasteiger charge is 2.33. The quantitative estimate of drug-likeness (QED) is 0.867. The minimum absolute atomic E-state index is 0.145. The second kappa shape index (κ2) is 5.95. The zero-order valence-electron chi connectivity index (χ0n) is 11.0. The van der Waals surface area contributed by atoms with Gasteiger partial charge in [-0.3, -0.25) is 0 Å². The number of benzene rings is 1. The third-order valence-corrected chi connectivity index (χ3v) is 4.24. The van der Waals surface area contributed by atoms with Crippen LogP contribution < -0.4 is 0 Å². The van der Waals surface area contributed by atoms with Gasteiger partial charge in [0.15, 0.2) is 0 Å². The van der Waals surface area contributed by atoms with Crippen molar-refractivity contribution >= 4 is 0 Å². The van der Waals surface area contributed by atoms with Crippen LogP contribution in [0.5, 0.6) is 0 Å². The number of hydrogen-bond donors (Lipinski definition) is 1. The van der Waals surface area contributed by atoms with Gasteiger partial charge in [-0.25, -0.2) is 13.2 Å². The molecule has 1 aromatic rings. The summed E-state index contributed by atoms with van der Waals surface area (Å²) in [5, 5.41) is 10.3. The van der Waals surface area contributed by atoms with E-state index in [0.717, 1.165) is 32.1 Å². The van der Waals surface area contributed by atoms with Crippen LogP contribution in [-0.4, -0.2) is 5.11 Å². The Morgan fingerprint density at radius 2 is 1.74 bits per heavy atom. The van der Waals surface area contributed by atoms with Crippen molar-refractivity contribution in [3.05, 3.63) is 35.1 Å². The van der Waals surface area contributed by atoms with Crippen molar-refractivity contribution in [3.63, 3.8) is 0 Å². The molecule has 1 fully saturated rings. The largest absolute Gasteiger partial charge is 0.388 e. The Kier molecular flexibility index (Phi) is 4.50. The fourth-order valence-electron chi connectivity index (χ4n) is 3.21. The summed E-state index contributed by atoms with van der Waals surface area (Å²) in [4.78, 5) is 0. The van der Waals surface area contributed by atoms with Gasteiger partial charge < -0.3 is 5.11 Å². The molecule has 1 aliphatic carbocycles. The maximum atomic E-state index is 13.7. The van der Waals surface area contributed by atoms with Crippen molar-refractivity contribution < 1.29 is 18.3 Å². The van der Waals surface area contributed by atoms with Crippen LogP contribution in [-0.2, 0) is 0 Å². The van der Waals surface area contributed by atoms with Gasteiger partial charge in [0.05, 0.1) is 11.7 Å². The molecule has 1 aromatic carbocycles. The van der Waals surface area contributed by atoms with E-state index in [2.05, 4.69) is 0 Å². The highest BCUT2D eigenvalue weighted by Crippen LogP contribution is 2.41. The van der Waals surface area contributed by atoms with E-state index >= 15 is 0 Å². The van der Waals surface area contributed by atoms with Gasteiger partial charge >= 0.3 is 0 Å². The lowest BCUT2D eigenvalue weighted by Crippen LogP contribution is -2.26. The Hall–Kier alpha value is -1.03. The maximum absolute atomic E-state index is 13.7. The van der Waals surface area contributed by atoms with Crippen molar-refractivity contribution in [2.24, 2.45) is 11.8 Å². The molecule has 0 amide bonds. The molecule has 19 heavy (non-hydrogen) atoms. The van der Waals surface area contributed by atoms with Gasteiger partial charge in [-0.1, -0.05) is 32.6 Å². The number of hydrogen-bond acceptors (Lipinski definition) is 1. The summed E-state index contributed by atoms with van der Waals surface area (Å²) >= 11 is 0. The molecule has 0 spiro atoms. The van der Waals surface area contributed by atoms with E-state index in [-0.39, 0.29) is 17.4 Å². The molecule has 0 bridgehead atoms. The van der Waals surface area contributed by atoms with Crippen molar-refractivity contribution in [2.75, 3.05) is 0 Å². The van der Waals surface area contributed by atoms with E-state index in [0.29, 0.717) is 12.1 Å². The van der Waals surface area contributed by atoms with Gasteiger partial charge in [0.1, 0.15) is 17.5 Å². The van der Waals surface area contributed by atoms with Crippen molar-refractivity contribution in [3.8, 4) is 0 Å². The maximum Gasteiger partial charge on any atom is 0.134 e. The molecule has 0 heterocycles. The summed E-state index contributed by atoms with van der Waals surface area (Å²) in [7, 11) is 0. The van der Waals surface area contributed by atoms with Crippen molar-refractivity contribution in [1.29, 1.82) is 0 Å². The smallest absolute Gasteiger partial charge is 0.134 e. The van der Waals surface area contributed by atoms with Gasteiger partial charge in [0.25, 0.3) is 0 Å². The summed E-state index contributed by atoms with van der Waals surface area (Å²) in [6, 6.07) is 1.26. The van der Waals surface area contributed by atoms with E-state index in [1.165, 1.54) is 0 Å². The Balaban J connectivity index is 2.30. The topological polar surface area (TPSA) is 20.2 Å². The van der Waals surface area contributed by atoms with Crippen molar-refractivity contribution in [1.82, 2.24) is 0 Å². The lowest BCUT2D eigenvalue weighted by molar-refractivity contribution is 0.0399. The van der Waals surface area contributed by atoms with Crippen LogP contribution in [0.2, 0.25) is 0 Å². The fourth-order valence-corrected chi connectivity index (χ4v) is 3.21. The third-order valence-electron chi connectivity index (χ3n) is 4.24. The van der Waals surface area contributed by atoms with Crippen LogP contribution >= 0.6 is 0 Å². The average Bonchev–Trinajstić information content (AvgIpc) is 2.37. The summed E-state index contributed by atoms with van der Waals surface area (Å²) < 4.78 is 40.3. The van der Waals surface area contributed by atoms with Crippen LogP contribution in [0.3, 0.4) is 0 Å². The van der Waals surface area contributed by atoms with E-state index in [1.54, 1.807) is 0 Å². The van der Waals surface area contributed by atoms with Gasteiger partial charge in [-0.2, -0.15) is 0 Å². The second-order valence-corrected chi connectivity index (χ2v) is 5.34. The Bertz CT molecular complexity index is 424. The van der Waals surface area contributed by atoms with Gasteiger partial charge in [0, 0.05) is 12.1 Å². The van der Waals surface area contributed by atoms with Gasteiger partial charge in [0.2, 0.25) is 0 Å². The van der Waals surface area contributed by atoms with Crippen LogP contribution in [0.25, 0.3) is 0 Å². The molecule has 1 N–H and O–H groups in total. The number of aliphatic hydroxyl groups excluding tert-OH is 1. The fraction of sp³-hybridized carbons (Fsp3) is 0.600. The zero-order chi connectivity index (χ0) is 14.0. The molecule has 1 aliphatic rings. The van der Waals surface area contributed by atoms with E-state index < -0.39 is 23.6 Å². The summed E-state index contributed by atoms with van der Waals surface area (Å²) in [6.07, 6.45) is 3.48. The lowest BCUT2D eigenvalue weighted by Gasteiger charge is -2.34. The van der Waals surface area contributed by atoms with Crippen LogP contribution in [0.4, 0.5) is 13.2 Å². The molecule has 0 aromatic heterocycles. The van der Waals surface area contributed by atoms with Gasteiger partial charge in [-0.05, 0) is 18.3 Å². The minimum Gasteiger partial charge on any atom is -0.388 e. The molecule has 0 saturated heterocycles. The highest BCUT2D eigenvalue weighted by molar-refractivity contribution is 5.24. The second-order valence-electron chi connectivity index (χ2n) is 5.34. The number of halogens is 3. The summed E-state index contributed by atoms with van der Waals surface area (Å²) in [5.74, 6) is -2.82. The average molecular weight is 272 g/mol. The molecule has 2 rings (SSSR count). The number of aliphatic hydroxyl groups is 1. The van der Waals surface area contributed by atoms with Crippen molar-refractivity contribution in [2.45, 2.75) is 45.1 Å². The Morgan fingerprint density at radius 1 is 1.16 bits per heavy atom. The third kappa shape index (κ3) is 2.94. The minimum atomic E-state index is -1.19.